The molecule has 1 fully saturated rings. The molecule has 2 aliphatic heterocycles. The highest BCUT2D eigenvalue weighted by molar-refractivity contribution is 8.00. The molecule has 0 radical (unpaired) electrons. The number of amides is 2. The van der Waals surface area contributed by atoms with E-state index in [1.165, 1.54) is 23.7 Å². The summed E-state index contributed by atoms with van der Waals surface area (Å²) < 4.78 is 6.01. The van der Waals surface area contributed by atoms with Gasteiger partial charge in [0.2, 0.25) is 5.91 Å². The SMILES string of the molecule is Cc1ccc(SCC(=O)N2C[C@H](C(=O)N3CCCCC3)Oc3ccccc32)cc1. The molecule has 0 spiro atoms. The number of piperidine rings is 1. The quantitative estimate of drug-likeness (QED) is 0.718. The number of nitrogens with zero attached hydrogens (tertiary/aromatic N) is 2. The van der Waals surface area contributed by atoms with Crippen molar-refractivity contribution < 1.29 is 14.3 Å². The number of carbonyl (C=O) groups excluding carboxylic acids is 2. The molecule has 0 bridgehead atoms. The predicted molar refractivity (Wildman–Crippen MR) is 116 cm³/mol. The zero-order chi connectivity index (χ0) is 20.2. The maximum Gasteiger partial charge on any atom is 0.265 e. The van der Waals surface area contributed by atoms with Gasteiger partial charge in [0.05, 0.1) is 18.0 Å². The Balaban J connectivity index is 1.49. The van der Waals surface area contributed by atoms with Crippen molar-refractivity contribution in [1.82, 2.24) is 4.90 Å². The molecular formula is C23H26N2O3S. The van der Waals surface area contributed by atoms with Crippen LogP contribution in [0.3, 0.4) is 0 Å². The number of carbonyl (C=O) groups is 2. The normalized spacial score (nSPS) is 18.7. The van der Waals surface area contributed by atoms with Gasteiger partial charge in [0.1, 0.15) is 5.75 Å². The minimum atomic E-state index is -0.642. The van der Waals surface area contributed by atoms with E-state index in [9.17, 15) is 9.59 Å². The molecule has 2 amide bonds. The molecule has 0 N–H and O–H groups in total. The van der Waals surface area contributed by atoms with Gasteiger partial charge in [-0.2, -0.15) is 0 Å². The van der Waals surface area contributed by atoms with E-state index in [2.05, 4.69) is 0 Å². The van der Waals surface area contributed by atoms with Gasteiger partial charge < -0.3 is 14.5 Å². The fraction of sp³-hybridized carbons (Fsp3) is 0.391. The second-order valence-electron chi connectivity index (χ2n) is 7.57. The van der Waals surface area contributed by atoms with Gasteiger partial charge in [0, 0.05) is 18.0 Å². The smallest absolute Gasteiger partial charge is 0.265 e. The van der Waals surface area contributed by atoms with Crippen LogP contribution >= 0.6 is 11.8 Å². The summed E-state index contributed by atoms with van der Waals surface area (Å²) in [6, 6.07) is 15.6. The standard InChI is InChI=1S/C23H26N2O3S/c1-17-9-11-18(12-10-17)29-16-22(26)25-15-21(23(27)24-13-5-2-6-14-24)28-20-8-4-3-7-19(20)25/h3-4,7-12,21H,2,5-6,13-16H2,1H3/t21-/m1/s1. The number of thioether (sulfide) groups is 1. The predicted octanol–water partition coefficient (Wildman–Crippen LogP) is 3.89. The number of rotatable bonds is 4. The summed E-state index contributed by atoms with van der Waals surface area (Å²) in [5.74, 6) is 0.899. The Morgan fingerprint density at radius 3 is 2.52 bits per heavy atom. The highest BCUT2D eigenvalue weighted by atomic mass is 32.2. The second-order valence-corrected chi connectivity index (χ2v) is 8.61. The summed E-state index contributed by atoms with van der Waals surface area (Å²) in [4.78, 5) is 30.7. The first kappa shape index (κ1) is 19.8. The molecule has 29 heavy (non-hydrogen) atoms. The molecule has 0 aliphatic carbocycles. The summed E-state index contributed by atoms with van der Waals surface area (Å²) in [7, 11) is 0. The third-order valence-corrected chi connectivity index (χ3v) is 6.40. The topological polar surface area (TPSA) is 49.9 Å². The van der Waals surface area contributed by atoms with E-state index >= 15 is 0 Å². The van der Waals surface area contributed by atoms with E-state index in [-0.39, 0.29) is 18.4 Å². The zero-order valence-electron chi connectivity index (χ0n) is 16.7. The third kappa shape index (κ3) is 4.58. The van der Waals surface area contributed by atoms with Crippen molar-refractivity contribution in [2.75, 3.05) is 30.3 Å². The molecule has 0 aromatic heterocycles. The molecule has 152 valence electrons. The Morgan fingerprint density at radius 2 is 1.76 bits per heavy atom. The highest BCUT2D eigenvalue weighted by Crippen LogP contribution is 2.34. The molecular weight excluding hydrogens is 384 g/mol. The summed E-state index contributed by atoms with van der Waals surface area (Å²) in [6.45, 7) is 3.86. The van der Waals surface area contributed by atoms with E-state index in [0.29, 0.717) is 11.5 Å². The Kier molecular flexibility index (Phi) is 6.09. The van der Waals surface area contributed by atoms with Crippen molar-refractivity contribution >= 4 is 29.3 Å². The third-order valence-electron chi connectivity index (χ3n) is 5.40. The number of para-hydroxylation sites is 2. The number of ether oxygens (including phenoxy) is 1. The van der Waals surface area contributed by atoms with Crippen LogP contribution in [0.25, 0.3) is 0 Å². The first-order valence-electron chi connectivity index (χ1n) is 10.2. The summed E-state index contributed by atoms with van der Waals surface area (Å²) in [5.41, 5.74) is 1.94. The number of fused-ring (bicyclic) bond motifs is 1. The summed E-state index contributed by atoms with van der Waals surface area (Å²) in [5, 5.41) is 0. The lowest BCUT2D eigenvalue weighted by Gasteiger charge is -2.37. The number of benzene rings is 2. The fourth-order valence-electron chi connectivity index (χ4n) is 3.77. The van der Waals surface area contributed by atoms with Crippen LogP contribution in [0.1, 0.15) is 24.8 Å². The van der Waals surface area contributed by atoms with Crippen LogP contribution < -0.4 is 9.64 Å². The van der Waals surface area contributed by atoms with Gasteiger partial charge in [-0.1, -0.05) is 29.8 Å². The molecule has 4 rings (SSSR count). The van der Waals surface area contributed by atoms with Crippen molar-refractivity contribution in [1.29, 1.82) is 0 Å². The lowest BCUT2D eigenvalue weighted by Crippen LogP contribution is -2.53. The molecule has 2 heterocycles. The number of aryl methyl sites for hydroxylation is 1. The molecule has 6 heteroatoms. The van der Waals surface area contributed by atoms with E-state index in [0.717, 1.165) is 36.5 Å². The molecule has 5 nitrogen and oxygen atoms in total. The average Bonchev–Trinajstić information content (AvgIpc) is 2.78. The number of anilines is 1. The van der Waals surface area contributed by atoms with Crippen molar-refractivity contribution in [3.05, 3.63) is 54.1 Å². The molecule has 0 saturated carbocycles. The van der Waals surface area contributed by atoms with E-state index in [4.69, 9.17) is 4.74 Å². The number of likely N-dealkylation sites (tertiary alicyclic amines) is 1. The van der Waals surface area contributed by atoms with Crippen LogP contribution in [0.5, 0.6) is 5.75 Å². The lowest BCUT2D eigenvalue weighted by atomic mass is 10.1. The van der Waals surface area contributed by atoms with Crippen LogP contribution in [-0.2, 0) is 9.59 Å². The first-order chi connectivity index (χ1) is 14.1. The van der Waals surface area contributed by atoms with Gasteiger partial charge in [-0.25, -0.2) is 0 Å². The van der Waals surface area contributed by atoms with Gasteiger partial charge in [-0.3, -0.25) is 9.59 Å². The van der Waals surface area contributed by atoms with E-state index < -0.39 is 6.10 Å². The lowest BCUT2D eigenvalue weighted by molar-refractivity contribution is -0.139. The van der Waals surface area contributed by atoms with Crippen LogP contribution in [0.15, 0.2) is 53.4 Å². The first-order valence-corrected chi connectivity index (χ1v) is 11.1. The van der Waals surface area contributed by atoms with Crippen LogP contribution in [0.4, 0.5) is 5.69 Å². The van der Waals surface area contributed by atoms with Gasteiger partial charge in [0.25, 0.3) is 5.91 Å². The Hall–Kier alpha value is -2.47. The van der Waals surface area contributed by atoms with Crippen LogP contribution in [0.2, 0.25) is 0 Å². The molecule has 2 aromatic rings. The molecule has 2 aromatic carbocycles. The van der Waals surface area contributed by atoms with Gasteiger partial charge in [-0.15, -0.1) is 11.8 Å². The largest absolute Gasteiger partial charge is 0.476 e. The summed E-state index contributed by atoms with van der Waals surface area (Å²) >= 11 is 1.52. The van der Waals surface area contributed by atoms with Crippen LogP contribution in [0, 0.1) is 6.92 Å². The minimum absolute atomic E-state index is 0.0109. The van der Waals surface area contributed by atoms with Crippen molar-refractivity contribution in [2.24, 2.45) is 0 Å². The fourth-order valence-corrected chi connectivity index (χ4v) is 4.55. The van der Waals surface area contributed by atoms with Crippen LogP contribution in [-0.4, -0.2) is 48.2 Å². The maximum absolute atomic E-state index is 13.1. The molecule has 1 saturated heterocycles. The monoisotopic (exact) mass is 410 g/mol. The van der Waals surface area contributed by atoms with E-state index in [1.807, 2.05) is 60.4 Å². The molecule has 2 aliphatic rings. The Bertz CT molecular complexity index is 878. The van der Waals surface area contributed by atoms with E-state index in [1.54, 1.807) is 4.90 Å². The molecule has 0 unspecified atom stereocenters. The van der Waals surface area contributed by atoms with Gasteiger partial charge in [0.15, 0.2) is 6.10 Å². The second kappa shape index (κ2) is 8.91. The van der Waals surface area contributed by atoms with Crippen molar-refractivity contribution in [3.8, 4) is 5.75 Å². The average molecular weight is 411 g/mol. The summed E-state index contributed by atoms with van der Waals surface area (Å²) in [6.07, 6.45) is 2.59. The van der Waals surface area contributed by atoms with Gasteiger partial charge in [-0.05, 0) is 50.5 Å². The van der Waals surface area contributed by atoms with Gasteiger partial charge >= 0.3 is 0 Å². The number of hydrogen-bond acceptors (Lipinski definition) is 4. The molecule has 1 atom stereocenters. The van der Waals surface area contributed by atoms with Crippen molar-refractivity contribution in [2.45, 2.75) is 37.2 Å². The minimum Gasteiger partial charge on any atom is -0.476 e. The number of hydrogen-bond donors (Lipinski definition) is 0. The maximum atomic E-state index is 13.1. The Labute approximate surface area is 176 Å². The highest BCUT2D eigenvalue weighted by Gasteiger charge is 2.36. The van der Waals surface area contributed by atoms with Crippen molar-refractivity contribution in [3.63, 3.8) is 0 Å². The Morgan fingerprint density at radius 1 is 1.03 bits per heavy atom. The zero-order valence-corrected chi connectivity index (χ0v) is 17.5.